The van der Waals surface area contributed by atoms with E-state index in [0.29, 0.717) is 12.4 Å². The Bertz CT molecular complexity index is 436. The molecule has 0 fully saturated rings. The van der Waals surface area contributed by atoms with E-state index in [4.69, 9.17) is 10.8 Å². The first kappa shape index (κ1) is 9.61. The van der Waals surface area contributed by atoms with Crippen LogP contribution in [0.2, 0.25) is 0 Å². The molecule has 1 aromatic heterocycles. The van der Waals surface area contributed by atoms with Crippen molar-refractivity contribution in [3.05, 3.63) is 42.5 Å². The number of aromatic nitrogens is 2. The van der Waals surface area contributed by atoms with Gasteiger partial charge in [-0.2, -0.15) is 0 Å². The topological polar surface area (TPSA) is 72.0 Å². The molecule has 1 aromatic carbocycles. The average molecular weight is 201 g/mol. The number of phenols is 1. The van der Waals surface area contributed by atoms with Crippen LogP contribution in [0.1, 0.15) is 5.82 Å². The second kappa shape index (κ2) is 4.06. The summed E-state index contributed by atoms with van der Waals surface area (Å²) >= 11 is 0. The molecular formula is C11H11N3O. The molecular weight excluding hydrogens is 190 g/mol. The molecule has 0 aliphatic heterocycles. The van der Waals surface area contributed by atoms with Crippen LogP contribution in [-0.4, -0.2) is 15.1 Å². The highest BCUT2D eigenvalue weighted by molar-refractivity contribution is 5.62. The summed E-state index contributed by atoms with van der Waals surface area (Å²) < 4.78 is 0. The van der Waals surface area contributed by atoms with Crippen LogP contribution in [-0.2, 0) is 6.54 Å². The van der Waals surface area contributed by atoms with Crippen molar-refractivity contribution in [3.63, 3.8) is 0 Å². The summed E-state index contributed by atoms with van der Waals surface area (Å²) in [6.45, 7) is 0.343. The SMILES string of the molecule is NCc1ncc(-c2ccc(O)cc2)cn1. The second-order valence-corrected chi connectivity index (χ2v) is 3.14. The van der Waals surface area contributed by atoms with E-state index in [1.54, 1.807) is 24.5 Å². The molecule has 4 nitrogen and oxygen atoms in total. The largest absolute Gasteiger partial charge is 0.508 e. The Balaban J connectivity index is 2.33. The predicted octanol–water partition coefficient (Wildman–Crippen LogP) is 1.31. The lowest BCUT2D eigenvalue weighted by atomic mass is 10.1. The van der Waals surface area contributed by atoms with Gasteiger partial charge in [-0.25, -0.2) is 9.97 Å². The third-order valence-electron chi connectivity index (χ3n) is 2.09. The summed E-state index contributed by atoms with van der Waals surface area (Å²) in [7, 11) is 0. The quantitative estimate of drug-likeness (QED) is 0.768. The highest BCUT2D eigenvalue weighted by Crippen LogP contribution is 2.20. The van der Waals surface area contributed by atoms with E-state index in [-0.39, 0.29) is 5.75 Å². The van der Waals surface area contributed by atoms with Gasteiger partial charge in [0, 0.05) is 18.0 Å². The fraction of sp³-hybridized carbons (Fsp3) is 0.0909. The van der Waals surface area contributed by atoms with Gasteiger partial charge in [-0.1, -0.05) is 12.1 Å². The first-order valence-corrected chi connectivity index (χ1v) is 4.60. The highest BCUT2D eigenvalue weighted by Gasteiger charge is 1.99. The van der Waals surface area contributed by atoms with Gasteiger partial charge >= 0.3 is 0 Å². The molecule has 0 saturated carbocycles. The highest BCUT2D eigenvalue weighted by atomic mass is 16.3. The molecule has 0 aliphatic carbocycles. The summed E-state index contributed by atoms with van der Waals surface area (Å²) in [5.74, 6) is 0.871. The van der Waals surface area contributed by atoms with Gasteiger partial charge in [-0.05, 0) is 17.7 Å². The molecule has 0 atom stereocenters. The van der Waals surface area contributed by atoms with Gasteiger partial charge in [0.15, 0.2) is 0 Å². The maximum atomic E-state index is 9.14. The molecule has 76 valence electrons. The van der Waals surface area contributed by atoms with Gasteiger partial charge in [0.25, 0.3) is 0 Å². The minimum absolute atomic E-state index is 0.248. The van der Waals surface area contributed by atoms with Crippen LogP contribution >= 0.6 is 0 Å². The molecule has 0 bridgehead atoms. The fourth-order valence-electron chi connectivity index (χ4n) is 1.26. The van der Waals surface area contributed by atoms with Crippen LogP contribution in [0.4, 0.5) is 0 Å². The second-order valence-electron chi connectivity index (χ2n) is 3.14. The van der Waals surface area contributed by atoms with Gasteiger partial charge < -0.3 is 10.8 Å². The summed E-state index contributed by atoms with van der Waals surface area (Å²) in [6.07, 6.45) is 3.45. The number of benzene rings is 1. The number of rotatable bonds is 2. The number of aromatic hydroxyl groups is 1. The van der Waals surface area contributed by atoms with Gasteiger partial charge in [-0.15, -0.1) is 0 Å². The van der Waals surface area contributed by atoms with Crippen molar-refractivity contribution in [1.82, 2.24) is 9.97 Å². The Kier molecular flexibility index (Phi) is 2.60. The van der Waals surface area contributed by atoms with Gasteiger partial charge in [0.05, 0.1) is 6.54 Å². The Hall–Kier alpha value is -1.94. The molecule has 4 heteroatoms. The summed E-state index contributed by atoms with van der Waals surface area (Å²) in [4.78, 5) is 8.19. The van der Waals surface area contributed by atoms with Crippen LogP contribution in [0.5, 0.6) is 5.75 Å². The molecule has 3 N–H and O–H groups in total. The average Bonchev–Trinajstić information content (AvgIpc) is 2.30. The Morgan fingerprint density at radius 1 is 1.00 bits per heavy atom. The summed E-state index contributed by atoms with van der Waals surface area (Å²) in [6, 6.07) is 6.89. The molecule has 1 heterocycles. The molecule has 0 unspecified atom stereocenters. The third kappa shape index (κ3) is 2.11. The predicted molar refractivity (Wildman–Crippen MR) is 57.0 cm³/mol. The zero-order chi connectivity index (χ0) is 10.7. The van der Waals surface area contributed by atoms with Gasteiger partial charge in [0.1, 0.15) is 11.6 Å². The minimum Gasteiger partial charge on any atom is -0.508 e. The molecule has 0 aliphatic rings. The molecule has 2 aromatic rings. The first-order chi connectivity index (χ1) is 7.29. The smallest absolute Gasteiger partial charge is 0.141 e. The maximum Gasteiger partial charge on any atom is 0.141 e. The number of phenolic OH excluding ortho intramolecular Hbond substituents is 1. The van der Waals surface area contributed by atoms with E-state index in [1.807, 2.05) is 12.1 Å². The fourth-order valence-corrected chi connectivity index (χ4v) is 1.26. The molecule has 0 radical (unpaired) electrons. The minimum atomic E-state index is 0.248. The van der Waals surface area contributed by atoms with Crippen molar-refractivity contribution in [2.24, 2.45) is 5.73 Å². The van der Waals surface area contributed by atoms with E-state index in [0.717, 1.165) is 11.1 Å². The molecule has 0 saturated heterocycles. The van der Waals surface area contributed by atoms with E-state index >= 15 is 0 Å². The van der Waals surface area contributed by atoms with E-state index in [1.165, 1.54) is 0 Å². The number of hydrogen-bond donors (Lipinski definition) is 2. The lowest BCUT2D eigenvalue weighted by molar-refractivity contribution is 0.475. The zero-order valence-electron chi connectivity index (χ0n) is 8.09. The van der Waals surface area contributed by atoms with Crippen LogP contribution in [0.3, 0.4) is 0 Å². The number of nitrogens with zero attached hydrogens (tertiary/aromatic N) is 2. The lowest BCUT2D eigenvalue weighted by Gasteiger charge is -2.01. The third-order valence-corrected chi connectivity index (χ3v) is 2.09. The number of nitrogens with two attached hydrogens (primary N) is 1. The van der Waals surface area contributed by atoms with Crippen LogP contribution in [0, 0.1) is 0 Å². The van der Waals surface area contributed by atoms with Crippen molar-refractivity contribution in [3.8, 4) is 16.9 Å². The van der Waals surface area contributed by atoms with Crippen molar-refractivity contribution in [1.29, 1.82) is 0 Å². The maximum absolute atomic E-state index is 9.14. The Labute approximate surface area is 87.4 Å². The molecule has 2 rings (SSSR count). The van der Waals surface area contributed by atoms with Crippen molar-refractivity contribution in [2.75, 3.05) is 0 Å². The molecule has 0 spiro atoms. The van der Waals surface area contributed by atoms with Gasteiger partial charge in [-0.3, -0.25) is 0 Å². The van der Waals surface area contributed by atoms with Crippen molar-refractivity contribution >= 4 is 0 Å². The van der Waals surface area contributed by atoms with Crippen LogP contribution in [0.25, 0.3) is 11.1 Å². The normalized spacial score (nSPS) is 10.2. The Morgan fingerprint density at radius 3 is 2.13 bits per heavy atom. The molecule has 15 heavy (non-hydrogen) atoms. The van der Waals surface area contributed by atoms with E-state index in [2.05, 4.69) is 9.97 Å². The summed E-state index contributed by atoms with van der Waals surface area (Å²) in [5.41, 5.74) is 7.28. The first-order valence-electron chi connectivity index (χ1n) is 4.60. The number of hydrogen-bond acceptors (Lipinski definition) is 4. The van der Waals surface area contributed by atoms with Gasteiger partial charge in [0.2, 0.25) is 0 Å². The summed E-state index contributed by atoms with van der Waals surface area (Å²) in [5, 5.41) is 9.14. The van der Waals surface area contributed by atoms with E-state index < -0.39 is 0 Å². The van der Waals surface area contributed by atoms with Crippen molar-refractivity contribution in [2.45, 2.75) is 6.54 Å². The van der Waals surface area contributed by atoms with Crippen LogP contribution < -0.4 is 5.73 Å². The van der Waals surface area contributed by atoms with Crippen LogP contribution in [0.15, 0.2) is 36.7 Å². The van der Waals surface area contributed by atoms with Crippen molar-refractivity contribution < 1.29 is 5.11 Å². The molecule has 0 amide bonds. The standard InChI is InChI=1S/C11H11N3O/c12-5-11-13-6-9(7-14-11)8-1-3-10(15)4-2-8/h1-4,6-7,15H,5,12H2. The Morgan fingerprint density at radius 2 is 1.60 bits per heavy atom. The monoisotopic (exact) mass is 201 g/mol. The lowest BCUT2D eigenvalue weighted by Crippen LogP contribution is -2.01. The zero-order valence-corrected chi connectivity index (χ0v) is 8.09. The van der Waals surface area contributed by atoms with E-state index in [9.17, 15) is 0 Å².